The van der Waals surface area contributed by atoms with Crippen molar-refractivity contribution in [2.24, 2.45) is 11.1 Å². The summed E-state index contributed by atoms with van der Waals surface area (Å²) < 4.78 is 0. The van der Waals surface area contributed by atoms with E-state index in [9.17, 15) is 9.59 Å². The minimum Gasteiger partial charge on any atom is -0.481 e. The molecule has 0 saturated heterocycles. The topological polar surface area (TPSA) is 101 Å². The lowest BCUT2D eigenvalue weighted by molar-refractivity contribution is -0.145. The zero-order chi connectivity index (χ0) is 13.5. The van der Waals surface area contributed by atoms with Crippen molar-refractivity contribution in [2.45, 2.75) is 20.3 Å². The van der Waals surface area contributed by atoms with Crippen molar-refractivity contribution in [3.8, 4) is 0 Å². The van der Waals surface area contributed by atoms with Crippen molar-refractivity contribution < 1.29 is 19.8 Å². The van der Waals surface area contributed by atoms with Crippen LogP contribution in [0.15, 0.2) is 36.1 Å². The maximum Gasteiger partial charge on any atom is 0.331 e. The van der Waals surface area contributed by atoms with E-state index < -0.39 is 17.4 Å². The van der Waals surface area contributed by atoms with Crippen molar-refractivity contribution in [3.05, 3.63) is 36.1 Å². The molecular formula is C12H17NO4. The normalized spacial score (nSPS) is 22.6. The Morgan fingerprint density at radius 2 is 2.00 bits per heavy atom. The fraction of sp³-hybridized carbons (Fsp3) is 0.333. The predicted molar refractivity (Wildman–Crippen MR) is 64.2 cm³/mol. The van der Waals surface area contributed by atoms with Gasteiger partial charge in [-0.25, -0.2) is 4.79 Å². The van der Waals surface area contributed by atoms with Gasteiger partial charge in [-0.1, -0.05) is 24.3 Å². The van der Waals surface area contributed by atoms with E-state index in [4.69, 9.17) is 15.9 Å². The van der Waals surface area contributed by atoms with Gasteiger partial charge in [0.05, 0.1) is 5.41 Å². The van der Waals surface area contributed by atoms with Crippen LogP contribution >= 0.6 is 0 Å². The summed E-state index contributed by atoms with van der Waals surface area (Å²) in [7, 11) is 0. The van der Waals surface area contributed by atoms with Gasteiger partial charge in [-0.15, -0.1) is 0 Å². The van der Waals surface area contributed by atoms with E-state index >= 15 is 0 Å². The molecule has 94 valence electrons. The van der Waals surface area contributed by atoms with Gasteiger partial charge < -0.3 is 15.9 Å². The van der Waals surface area contributed by atoms with Crippen molar-refractivity contribution in [3.63, 3.8) is 0 Å². The highest BCUT2D eigenvalue weighted by Gasteiger charge is 2.34. The number of allylic oxidation sites excluding steroid dienone is 3. The Hall–Kier alpha value is -2.04. The minimum atomic E-state index is -1.08. The van der Waals surface area contributed by atoms with Crippen LogP contribution < -0.4 is 5.73 Å². The molecule has 0 aliphatic heterocycles. The fourth-order valence-electron chi connectivity index (χ4n) is 1.18. The van der Waals surface area contributed by atoms with Gasteiger partial charge in [0.15, 0.2) is 0 Å². The van der Waals surface area contributed by atoms with E-state index in [0.717, 1.165) is 0 Å². The second-order valence-electron chi connectivity index (χ2n) is 3.78. The number of hydrogen-bond donors (Lipinski definition) is 3. The number of carboxylic acids is 2. The third kappa shape index (κ3) is 4.55. The first kappa shape index (κ1) is 15.0. The third-order valence-corrected chi connectivity index (χ3v) is 2.27. The third-order valence-electron chi connectivity index (χ3n) is 2.27. The molecule has 1 unspecified atom stereocenters. The number of carboxylic acid groups (broad SMARTS) is 2. The van der Waals surface area contributed by atoms with E-state index in [2.05, 4.69) is 0 Å². The molecule has 1 aliphatic rings. The molecular weight excluding hydrogens is 222 g/mol. The highest BCUT2D eigenvalue weighted by molar-refractivity contribution is 5.90. The molecule has 5 heteroatoms. The van der Waals surface area contributed by atoms with Crippen LogP contribution in [0.5, 0.6) is 0 Å². The van der Waals surface area contributed by atoms with Crippen LogP contribution in [0, 0.1) is 5.41 Å². The smallest absolute Gasteiger partial charge is 0.331 e. The lowest BCUT2D eigenvalue weighted by Gasteiger charge is -2.23. The Balaban J connectivity index is 0.000000557. The van der Waals surface area contributed by atoms with Crippen molar-refractivity contribution in [1.82, 2.24) is 0 Å². The molecule has 0 spiro atoms. The van der Waals surface area contributed by atoms with Crippen molar-refractivity contribution in [1.29, 1.82) is 0 Å². The highest BCUT2D eigenvalue weighted by Crippen LogP contribution is 2.31. The van der Waals surface area contributed by atoms with Crippen LogP contribution in [-0.2, 0) is 9.59 Å². The Morgan fingerprint density at radius 1 is 1.47 bits per heavy atom. The Bertz CT molecular complexity index is 378. The highest BCUT2D eigenvalue weighted by atomic mass is 16.4. The van der Waals surface area contributed by atoms with Crippen LogP contribution in [-0.4, -0.2) is 22.2 Å². The quantitative estimate of drug-likeness (QED) is 0.678. The Labute approximate surface area is 99.9 Å². The maximum absolute atomic E-state index is 10.8. The van der Waals surface area contributed by atoms with Crippen LogP contribution in [0.4, 0.5) is 0 Å². The van der Waals surface area contributed by atoms with E-state index in [-0.39, 0.29) is 12.0 Å². The lowest BCUT2D eigenvalue weighted by atomic mass is 9.80. The molecule has 0 bridgehead atoms. The van der Waals surface area contributed by atoms with Gasteiger partial charge in [-0.3, -0.25) is 4.79 Å². The summed E-state index contributed by atoms with van der Waals surface area (Å²) in [6, 6.07) is 0. The van der Waals surface area contributed by atoms with E-state index in [1.807, 2.05) is 6.92 Å². The Kier molecular flexibility index (Phi) is 5.74. The standard InChI is InChI=1S/C9H10O4.C3H7N/c1-9(8(12)13)4-2-3-6(5-9)7(10)11;1-2-3-4/h2-4H,5H2,1H3,(H,10,11)(H,12,13);2-3H,4H2,1H3. The SMILES string of the molecule is CC1(C(=O)O)C=CC=C(C(=O)O)C1.CC=CN. The average Bonchev–Trinajstić information content (AvgIpc) is 2.29. The molecule has 1 atom stereocenters. The number of rotatable bonds is 2. The molecule has 17 heavy (non-hydrogen) atoms. The molecule has 5 nitrogen and oxygen atoms in total. The molecule has 1 aliphatic carbocycles. The van der Waals surface area contributed by atoms with Gasteiger partial charge in [0.1, 0.15) is 0 Å². The molecule has 0 fully saturated rings. The molecule has 4 N–H and O–H groups in total. The first-order chi connectivity index (χ1) is 7.87. The summed E-state index contributed by atoms with van der Waals surface area (Å²) >= 11 is 0. The minimum absolute atomic E-state index is 0.0359. The molecule has 0 aromatic carbocycles. The summed E-state index contributed by atoms with van der Waals surface area (Å²) in [5.41, 5.74) is 3.90. The Morgan fingerprint density at radius 3 is 2.35 bits per heavy atom. The number of carbonyl (C=O) groups is 2. The van der Waals surface area contributed by atoms with Crippen molar-refractivity contribution in [2.75, 3.05) is 0 Å². The molecule has 0 radical (unpaired) electrons. The zero-order valence-electron chi connectivity index (χ0n) is 9.88. The summed E-state index contributed by atoms with van der Waals surface area (Å²) in [4.78, 5) is 21.3. The maximum atomic E-state index is 10.8. The number of nitrogens with two attached hydrogens (primary N) is 1. The summed E-state index contributed by atoms with van der Waals surface area (Å²) in [6.45, 7) is 3.38. The van der Waals surface area contributed by atoms with Gasteiger partial charge in [-0.2, -0.15) is 0 Å². The number of aliphatic carboxylic acids is 2. The van der Waals surface area contributed by atoms with Crippen LogP contribution in [0.1, 0.15) is 20.3 Å². The largest absolute Gasteiger partial charge is 0.481 e. The molecule has 1 rings (SSSR count). The first-order valence-corrected chi connectivity index (χ1v) is 5.05. The first-order valence-electron chi connectivity index (χ1n) is 5.05. The second-order valence-corrected chi connectivity index (χ2v) is 3.78. The molecule has 0 aromatic heterocycles. The summed E-state index contributed by atoms with van der Waals surface area (Å²) in [6.07, 6.45) is 7.71. The van der Waals surface area contributed by atoms with E-state index in [1.54, 1.807) is 6.08 Å². The molecule has 0 heterocycles. The summed E-state index contributed by atoms with van der Waals surface area (Å²) in [5, 5.41) is 17.5. The van der Waals surface area contributed by atoms with Crippen LogP contribution in [0.2, 0.25) is 0 Å². The summed E-state index contributed by atoms with van der Waals surface area (Å²) in [5.74, 6) is -2.06. The van der Waals surface area contributed by atoms with Gasteiger partial charge in [0.25, 0.3) is 0 Å². The van der Waals surface area contributed by atoms with Gasteiger partial charge in [-0.05, 0) is 26.5 Å². The molecule has 0 aromatic rings. The van der Waals surface area contributed by atoms with Gasteiger partial charge in [0.2, 0.25) is 0 Å². The van der Waals surface area contributed by atoms with Crippen LogP contribution in [0.3, 0.4) is 0 Å². The van der Waals surface area contributed by atoms with Gasteiger partial charge in [0, 0.05) is 5.57 Å². The predicted octanol–water partition coefficient (Wildman–Crippen LogP) is 1.53. The molecule has 0 amide bonds. The molecule has 0 saturated carbocycles. The van der Waals surface area contributed by atoms with E-state index in [0.29, 0.717) is 0 Å². The second kappa shape index (κ2) is 6.52. The fourth-order valence-corrected chi connectivity index (χ4v) is 1.18. The van der Waals surface area contributed by atoms with Crippen LogP contribution in [0.25, 0.3) is 0 Å². The number of hydrogen-bond acceptors (Lipinski definition) is 3. The van der Waals surface area contributed by atoms with Gasteiger partial charge >= 0.3 is 11.9 Å². The van der Waals surface area contributed by atoms with E-state index in [1.165, 1.54) is 31.4 Å². The monoisotopic (exact) mass is 239 g/mol. The average molecular weight is 239 g/mol. The zero-order valence-corrected chi connectivity index (χ0v) is 9.88. The van der Waals surface area contributed by atoms with Crippen molar-refractivity contribution >= 4 is 11.9 Å². The lowest BCUT2D eigenvalue weighted by Crippen LogP contribution is -2.28.